The number of halogens is 1. The molecule has 0 amide bonds. The van der Waals surface area contributed by atoms with E-state index >= 15 is 0 Å². The van der Waals surface area contributed by atoms with Crippen molar-refractivity contribution < 1.29 is 4.42 Å². The summed E-state index contributed by atoms with van der Waals surface area (Å²) in [6.07, 6.45) is 0. The lowest BCUT2D eigenvalue weighted by Crippen LogP contribution is -2.15. The number of nitrogens with one attached hydrogen (secondary N) is 1. The third-order valence-corrected chi connectivity index (χ3v) is 2.29. The molecule has 0 aliphatic rings. The molecular formula is C9H6ClNO3. The van der Waals surface area contributed by atoms with Crippen molar-refractivity contribution in [2.45, 2.75) is 6.92 Å². The number of rotatable bonds is 0. The first-order valence-electron chi connectivity index (χ1n) is 3.92. The summed E-state index contributed by atoms with van der Waals surface area (Å²) in [4.78, 5) is 24.6. The van der Waals surface area contributed by atoms with E-state index in [2.05, 4.69) is 9.40 Å². The van der Waals surface area contributed by atoms with Crippen molar-refractivity contribution in [1.29, 1.82) is 0 Å². The van der Waals surface area contributed by atoms with Gasteiger partial charge in [-0.15, -0.1) is 0 Å². The van der Waals surface area contributed by atoms with Gasteiger partial charge in [0.05, 0.1) is 15.9 Å². The van der Waals surface area contributed by atoms with Crippen LogP contribution in [0.15, 0.2) is 26.1 Å². The summed E-state index contributed by atoms with van der Waals surface area (Å²) in [5.41, 5.74) is 0.381. The molecule has 72 valence electrons. The fourth-order valence-electron chi connectivity index (χ4n) is 1.33. The number of hydrogen-bond donors (Lipinski definition) is 1. The minimum absolute atomic E-state index is 0.317. The van der Waals surface area contributed by atoms with Crippen LogP contribution in [0.4, 0.5) is 0 Å². The Morgan fingerprint density at radius 3 is 2.79 bits per heavy atom. The zero-order valence-corrected chi connectivity index (χ0v) is 8.01. The van der Waals surface area contributed by atoms with Gasteiger partial charge in [-0.25, -0.2) is 9.59 Å². The van der Waals surface area contributed by atoms with E-state index in [0.717, 1.165) is 5.56 Å². The zero-order chi connectivity index (χ0) is 10.3. The molecule has 14 heavy (non-hydrogen) atoms. The lowest BCUT2D eigenvalue weighted by atomic mass is 10.1. The van der Waals surface area contributed by atoms with Crippen LogP contribution < -0.4 is 11.4 Å². The van der Waals surface area contributed by atoms with Crippen LogP contribution in [0.2, 0.25) is 5.02 Å². The Labute approximate surface area is 83.1 Å². The molecule has 5 heteroatoms. The Morgan fingerprint density at radius 1 is 1.36 bits per heavy atom. The monoisotopic (exact) mass is 211 g/mol. The largest absolute Gasteiger partial charge is 0.419 e. The van der Waals surface area contributed by atoms with Crippen LogP contribution in [0, 0.1) is 6.92 Å². The first-order chi connectivity index (χ1) is 6.59. The standard InChI is InChI=1S/C9H6ClNO3/c1-4-2-3-5(10)7-6(4)8(12)14-9(13)11-7/h2-3H,1H3,(H,11,13). The molecule has 0 aliphatic heterocycles. The first-order valence-corrected chi connectivity index (χ1v) is 4.29. The number of aromatic nitrogens is 1. The summed E-state index contributed by atoms with van der Waals surface area (Å²) in [5.74, 6) is -0.796. The number of aromatic amines is 1. The second kappa shape index (κ2) is 2.99. The molecule has 0 saturated heterocycles. The smallest absolute Gasteiger partial charge is 0.372 e. The number of benzene rings is 1. The molecular weight excluding hydrogens is 206 g/mol. The van der Waals surface area contributed by atoms with Crippen LogP contribution >= 0.6 is 11.6 Å². The first kappa shape index (κ1) is 9.02. The molecule has 1 N–H and O–H groups in total. The van der Waals surface area contributed by atoms with Gasteiger partial charge in [-0.1, -0.05) is 17.7 Å². The zero-order valence-electron chi connectivity index (χ0n) is 7.26. The highest BCUT2D eigenvalue weighted by Crippen LogP contribution is 2.20. The van der Waals surface area contributed by atoms with Crippen LogP contribution in [-0.4, -0.2) is 4.98 Å². The van der Waals surface area contributed by atoms with Crippen molar-refractivity contribution in [3.8, 4) is 0 Å². The summed E-state index contributed by atoms with van der Waals surface area (Å²) in [5, 5.41) is 0.646. The molecule has 2 rings (SSSR count). The van der Waals surface area contributed by atoms with Crippen LogP contribution in [0.3, 0.4) is 0 Å². The predicted molar refractivity (Wildman–Crippen MR) is 52.9 cm³/mol. The van der Waals surface area contributed by atoms with Gasteiger partial charge < -0.3 is 4.42 Å². The predicted octanol–water partition coefficient (Wildman–Crippen LogP) is 1.44. The number of fused-ring (bicyclic) bond motifs is 1. The van der Waals surface area contributed by atoms with E-state index in [1.54, 1.807) is 19.1 Å². The minimum atomic E-state index is -0.796. The molecule has 0 bridgehead atoms. The molecule has 2 aromatic rings. The Kier molecular flexibility index (Phi) is 1.93. The van der Waals surface area contributed by atoms with Gasteiger partial charge >= 0.3 is 11.4 Å². The van der Waals surface area contributed by atoms with E-state index < -0.39 is 11.4 Å². The maximum Gasteiger partial charge on any atom is 0.419 e. The molecule has 4 nitrogen and oxygen atoms in total. The molecule has 1 heterocycles. The van der Waals surface area contributed by atoms with Gasteiger partial charge in [0.25, 0.3) is 0 Å². The average molecular weight is 212 g/mol. The summed E-state index contributed by atoms with van der Waals surface area (Å²) in [6, 6.07) is 3.31. The Hall–Kier alpha value is -1.55. The summed E-state index contributed by atoms with van der Waals surface area (Å²) in [7, 11) is 0. The van der Waals surface area contributed by atoms with Crippen molar-refractivity contribution in [3.63, 3.8) is 0 Å². The summed E-state index contributed by atoms with van der Waals surface area (Å²) < 4.78 is 4.40. The number of H-pyrrole nitrogens is 1. The third kappa shape index (κ3) is 1.24. The van der Waals surface area contributed by atoms with E-state index in [1.165, 1.54) is 0 Å². The second-order valence-electron chi connectivity index (χ2n) is 2.92. The fourth-order valence-corrected chi connectivity index (χ4v) is 1.53. The van der Waals surface area contributed by atoms with Crippen LogP contribution in [0.25, 0.3) is 10.9 Å². The third-order valence-electron chi connectivity index (χ3n) is 1.98. The normalized spacial score (nSPS) is 10.7. The molecule has 0 radical (unpaired) electrons. The van der Waals surface area contributed by atoms with Crippen molar-refractivity contribution in [1.82, 2.24) is 4.98 Å². The van der Waals surface area contributed by atoms with Gasteiger partial charge in [0, 0.05) is 0 Å². The molecule has 0 fully saturated rings. The second-order valence-corrected chi connectivity index (χ2v) is 3.32. The highest BCUT2D eigenvalue weighted by Gasteiger charge is 2.08. The van der Waals surface area contributed by atoms with E-state index in [1.807, 2.05) is 0 Å². The van der Waals surface area contributed by atoms with Gasteiger partial charge in [-0.2, -0.15) is 0 Å². The van der Waals surface area contributed by atoms with E-state index in [-0.39, 0.29) is 0 Å². The SMILES string of the molecule is Cc1ccc(Cl)c2[nH]c(=O)oc(=O)c12. The number of hydrogen-bond acceptors (Lipinski definition) is 3. The maximum absolute atomic E-state index is 11.3. The van der Waals surface area contributed by atoms with Gasteiger partial charge in [0.1, 0.15) is 0 Å². The van der Waals surface area contributed by atoms with Gasteiger partial charge in [0.2, 0.25) is 0 Å². The van der Waals surface area contributed by atoms with E-state index in [0.29, 0.717) is 15.9 Å². The lowest BCUT2D eigenvalue weighted by molar-refractivity contribution is 0.460. The lowest BCUT2D eigenvalue weighted by Gasteiger charge is -2.00. The van der Waals surface area contributed by atoms with Crippen LogP contribution in [0.1, 0.15) is 5.56 Å². The van der Waals surface area contributed by atoms with Crippen LogP contribution in [0.5, 0.6) is 0 Å². The van der Waals surface area contributed by atoms with Gasteiger partial charge in [-0.05, 0) is 18.6 Å². The van der Waals surface area contributed by atoms with Gasteiger partial charge in [0.15, 0.2) is 0 Å². The Bertz CT molecular complexity index is 611. The molecule has 0 spiro atoms. The van der Waals surface area contributed by atoms with Crippen molar-refractivity contribution >= 4 is 22.5 Å². The fraction of sp³-hybridized carbons (Fsp3) is 0.111. The topological polar surface area (TPSA) is 63.1 Å². The van der Waals surface area contributed by atoms with E-state index in [9.17, 15) is 9.59 Å². The minimum Gasteiger partial charge on any atom is -0.372 e. The highest BCUT2D eigenvalue weighted by atomic mass is 35.5. The van der Waals surface area contributed by atoms with Crippen LogP contribution in [-0.2, 0) is 0 Å². The number of aryl methyl sites for hydroxylation is 1. The Morgan fingerprint density at radius 2 is 2.07 bits per heavy atom. The van der Waals surface area contributed by atoms with Crippen molar-refractivity contribution in [2.75, 3.05) is 0 Å². The average Bonchev–Trinajstić information content (AvgIpc) is 2.10. The quantitative estimate of drug-likeness (QED) is 0.717. The molecule has 0 saturated carbocycles. The summed E-state index contributed by atoms with van der Waals surface area (Å²) >= 11 is 5.82. The molecule has 0 unspecified atom stereocenters. The van der Waals surface area contributed by atoms with E-state index in [4.69, 9.17) is 11.6 Å². The van der Waals surface area contributed by atoms with Gasteiger partial charge in [-0.3, -0.25) is 4.98 Å². The maximum atomic E-state index is 11.3. The summed E-state index contributed by atoms with van der Waals surface area (Å²) in [6.45, 7) is 1.74. The molecule has 0 atom stereocenters. The molecule has 0 aliphatic carbocycles. The van der Waals surface area contributed by atoms with Crippen molar-refractivity contribution in [3.05, 3.63) is 43.7 Å². The van der Waals surface area contributed by atoms with Crippen molar-refractivity contribution in [2.24, 2.45) is 0 Å². The molecule has 1 aromatic heterocycles. The Balaban J connectivity index is 3.16. The highest BCUT2D eigenvalue weighted by molar-refractivity contribution is 6.35. The molecule has 1 aromatic carbocycles.